The molecule has 1 nitrogen and oxygen atoms in total. The minimum atomic E-state index is -0.569. The predicted octanol–water partition coefficient (Wildman–Crippen LogP) is 20.2. The first-order chi connectivity index (χ1) is 37.9. The van der Waals surface area contributed by atoms with E-state index in [9.17, 15) is 0 Å². The van der Waals surface area contributed by atoms with Crippen molar-refractivity contribution >= 4 is 17.1 Å². The van der Waals surface area contributed by atoms with Gasteiger partial charge in [-0.15, -0.1) is 0 Å². The Morgan fingerprint density at radius 3 is 1.38 bits per heavy atom. The number of anilines is 3. The highest BCUT2D eigenvalue weighted by Gasteiger charge is 2.47. The summed E-state index contributed by atoms with van der Waals surface area (Å²) in [7, 11) is 0. The van der Waals surface area contributed by atoms with Gasteiger partial charge in [-0.05, 0) is 142 Å². The number of nitrogens with zero attached hydrogens (tertiary/aromatic N) is 1. The van der Waals surface area contributed by atoms with Crippen molar-refractivity contribution < 1.29 is 0 Å². The van der Waals surface area contributed by atoms with Crippen LogP contribution in [0.15, 0.2) is 297 Å². The average Bonchev–Trinajstić information content (AvgIpc) is 4.03. The summed E-state index contributed by atoms with van der Waals surface area (Å²) in [5, 5.41) is 0. The normalized spacial score (nSPS) is 14.5. The zero-order chi connectivity index (χ0) is 51.5. The van der Waals surface area contributed by atoms with Crippen LogP contribution in [0.3, 0.4) is 0 Å². The van der Waals surface area contributed by atoms with Gasteiger partial charge in [0.25, 0.3) is 0 Å². The van der Waals surface area contributed by atoms with E-state index < -0.39 is 5.41 Å². The Hall–Kier alpha value is -9.56. The van der Waals surface area contributed by atoms with Crippen molar-refractivity contribution in [2.45, 2.75) is 24.7 Å². The molecule has 2 aliphatic carbocycles. The molecular weight excluding hydrogens is 927 g/mol. The molecule has 0 N–H and O–H groups in total. The molecule has 0 radical (unpaired) electrons. The molecule has 77 heavy (non-hydrogen) atoms. The van der Waals surface area contributed by atoms with Gasteiger partial charge < -0.3 is 4.90 Å². The fourth-order valence-electron chi connectivity index (χ4n) is 12.9. The van der Waals surface area contributed by atoms with Gasteiger partial charge in [-0.25, -0.2) is 0 Å². The lowest BCUT2D eigenvalue weighted by Crippen LogP contribution is -2.28. The fourth-order valence-corrected chi connectivity index (χ4v) is 12.9. The third-order valence-electron chi connectivity index (χ3n) is 16.6. The van der Waals surface area contributed by atoms with Crippen molar-refractivity contribution in [3.63, 3.8) is 0 Å². The lowest BCUT2D eigenvalue weighted by atomic mass is 9.67. The summed E-state index contributed by atoms with van der Waals surface area (Å²) >= 11 is 0. The van der Waals surface area contributed by atoms with Gasteiger partial charge in [-0.1, -0.05) is 275 Å². The second-order valence-electron chi connectivity index (χ2n) is 21.2. The Kier molecular flexibility index (Phi) is 11.2. The summed E-state index contributed by atoms with van der Waals surface area (Å²) in [6, 6.07) is 110. The van der Waals surface area contributed by atoms with E-state index in [0.717, 1.165) is 17.1 Å². The molecule has 2 aliphatic rings. The van der Waals surface area contributed by atoms with Crippen LogP contribution in [-0.4, -0.2) is 0 Å². The van der Waals surface area contributed by atoms with E-state index in [1.54, 1.807) is 0 Å². The van der Waals surface area contributed by atoms with Crippen molar-refractivity contribution in [3.05, 3.63) is 331 Å². The average molecular weight is 982 g/mol. The summed E-state index contributed by atoms with van der Waals surface area (Å²) in [6.45, 7) is 4.72. The van der Waals surface area contributed by atoms with Gasteiger partial charge in [-0.3, -0.25) is 0 Å². The lowest BCUT2D eigenvalue weighted by molar-refractivity contribution is 0.660. The summed E-state index contributed by atoms with van der Waals surface area (Å²) in [6.07, 6.45) is 0. The monoisotopic (exact) mass is 981 g/mol. The van der Waals surface area contributed by atoms with Gasteiger partial charge in [0, 0.05) is 22.4 Å². The molecule has 0 aromatic heterocycles. The maximum absolute atomic E-state index is 2.44. The second-order valence-corrected chi connectivity index (χ2v) is 21.2. The molecule has 0 saturated heterocycles. The van der Waals surface area contributed by atoms with E-state index in [0.29, 0.717) is 0 Å². The molecular formula is C76H55N. The Labute approximate surface area is 452 Å². The van der Waals surface area contributed by atoms with E-state index >= 15 is 0 Å². The minimum Gasteiger partial charge on any atom is -0.310 e. The van der Waals surface area contributed by atoms with Crippen LogP contribution in [0.5, 0.6) is 0 Å². The van der Waals surface area contributed by atoms with Crippen LogP contribution in [0.4, 0.5) is 17.1 Å². The van der Waals surface area contributed by atoms with Crippen LogP contribution in [-0.2, 0) is 10.8 Å². The van der Waals surface area contributed by atoms with Gasteiger partial charge in [0.1, 0.15) is 0 Å². The standard InChI is InChI=1S/C76H55N/c1-75(2)69-32-15-12-29-66(69)67-49-48-63(51-72(67)75)77(73-35-17-14-28-64(73)57-24-10-5-11-25-57)62-46-42-56(43-47-62)54-36-38-58(39-37-54)65-31-19-34-71-74(65)68-30-13-16-33-70(68)76(71,60-44-40-55(41-45-60)52-20-6-3-7-21-52)61-27-18-26-59(50-61)53-22-8-4-9-23-53/h3-51H,1-2H3. The number of fused-ring (bicyclic) bond motifs is 6. The molecule has 0 heterocycles. The van der Waals surface area contributed by atoms with E-state index in [1.165, 1.54) is 111 Å². The van der Waals surface area contributed by atoms with Gasteiger partial charge in [0.15, 0.2) is 0 Å². The van der Waals surface area contributed by atoms with Crippen molar-refractivity contribution in [3.8, 4) is 77.9 Å². The zero-order valence-electron chi connectivity index (χ0n) is 43.2. The number of para-hydroxylation sites is 1. The second kappa shape index (κ2) is 18.7. The SMILES string of the molecule is CC1(C)c2ccccc2-c2ccc(N(c3ccc(-c4ccc(-c5cccc6c5-c5ccccc5C6(c5ccc(-c6ccccc6)cc5)c5cccc(-c6ccccc6)c5)cc4)cc3)c3ccccc3-c3ccccc3)cc21. The van der Waals surface area contributed by atoms with E-state index in [4.69, 9.17) is 0 Å². The summed E-state index contributed by atoms with van der Waals surface area (Å²) < 4.78 is 0. The van der Waals surface area contributed by atoms with Gasteiger partial charge >= 0.3 is 0 Å². The van der Waals surface area contributed by atoms with Crippen molar-refractivity contribution in [2.75, 3.05) is 4.90 Å². The van der Waals surface area contributed by atoms with Crippen molar-refractivity contribution in [1.29, 1.82) is 0 Å². The van der Waals surface area contributed by atoms with Gasteiger partial charge in [0.05, 0.1) is 11.1 Å². The largest absolute Gasteiger partial charge is 0.310 e. The Balaban J connectivity index is 0.858. The first kappa shape index (κ1) is 46.0. The summed E-state index contributed by atoms with van der Waals surface area (Å²) in [5.41, 5.74) is 27.7. The van der Waals surface area contributed by atoms with Crippen LogP contribution < -0.4 is 4.90 Å². The van der Waals surface area contributed by atoms with E-state index in [-0.39, 0.29) is 5.41 Å². The molecule has 0 aliphatic heterocycles. The molecule has 0 fully saturated rings. The summed E-state index contributed by atoms with van der Waals surface area (Å²) in [5.74, 6) is 0. The molecule has 14 rings (SSSR count). The fraction of sp³-hybridized carbons (Fsp3) is 0.0526. The van der Waals surface area contributed by atoms with E-state index in [2.05, 4.69) is 316 Å². The highest BCUT2D eigenvalue weighted by Crippen LogP contribution is 2.59. The molecule has 12 aromatic carbocycles. The van der Waals surface area contributed by atoms with Crippen LogP contribution in [0.25, 0.3) is 77.9 Å². The highest BCUT2D eigenvalue weighted by molar-refractivity contribution is 5.97. The third-order valence-corrected chi connectivity index (χ3v) is 16.6. The van der Waals surface area contributed by atoms with Crippen LogP contribution >= 0.6 is 0 Å². The molecule has 364 valence electrons. The van der Waals surface area contributed by atoms with Crippen LogP contribution in [0.2, 0.25) is 0 Å². The topological polar surface area (TPSA) is 3.24 Å². The molecule has 0 bridgehead atoms. The maximum atomic E-state index is 2.44. The predicted molar refractivity (Wildman–Crippen MR) is 323 cm³/mol. The molecule has 1 unspecified atom stereocenters. The van der Waals surface area contributed by atoms with Crippen molar-refractivity contribution in [1.82, 2.24) is 0 Å². The molecule has 0 saturated carbocycles. The molecule has 0 amide bonds. The summed E-state index contributed by atoms with van der Waals surface area (Å²) in [4.78, 5) is 2.44. The molecule has 1 atom stereocenters. The van der Waals surface area contributed by atoms with Crippen LogP contribution in [0.1, 0.15) is 47.2 Å². The first-order valence-corrected chi connectivity index (χ1v) is 26.9. The Morgan fingerprint density at radius 2 is 0.688 bits per heavy atom. The molecule has 1 heteroatoms. The molecule has 12 aromatic rings. The maximum Gasteiger partial charge on any atom is 0.0714 e. The number of benzene rings is 12. The first-order valence-electron chi connectivity index (χ1n) is 26.9. The number of hydrogen-bond donors (Lipinski definition) is 0. The number of hydrogen-bond acceptors (Lipinski definition) is 1. The minimum absolute atomic E-state index is 0.126. The third kappa shape index (κ3) is 7.61. The Morgan fingerprint density at radius 1 is 0.247 bits per heavy atom. The quantitative estimate of drug-likeness (QED) is 0.132. The zero-order valence-corrected chi connectivity index (χ0v) is 43.2. The lowest BCUT2D eigenvalue weighted by Gasteiger charge is -2.34. The number of rotatable bonds is 10. The highest BCUT2D eigenvalue weighted by atomic mass is 15.1. The van der Waals surface area contributed by atoms with Gasteiger partial charge in [-0.2, -0.15) is 0 Å². The Bertz CT molecular complexity index is 4140. The van der Waals surface area contributed by atoms with Gasteiger partial charge in [0.2, 0.25) is 0 Å². The van der Waals surface area contributed by atoms with E-state index in [1.807, 2.05) is 0 Å². The smallest absolute Gasteiger partial charge is 0.0714 e. The van der Waals surface area contributed by atoms with Crippen molar-refractivity contribution in [2.24, 2.45) is 0 Å². The molecule has 0 spiro atoms. The van der Waals surface area contributed by atoms with Crippen LogP contribution in [0, 0.1) is 0 Å².